The molecule has 1 aliphatic heterocycles. The fourth-order valence-corrected chi connectivity index (χ4v) is 2.20. The van der Waals surface area contributed by atoms with Crippen LogP contribution in [-0.4, -0.2) is 49.0 Å². The molecule has 106 valence electrons. The highest BCUT2D eigenvalue weighted by Gasteiger charge is 2.14. The van der Waals surface area contributed by atoms with Crippen LogP contribution in [0.5, 0.6) is 0 Å². The molecule has 2 unspecified atom stereocenters. The SMILES string of the molecule is CC(O)CC(C)NC(=O)CCOC1CCNCC1. The predicted molar refractivity (Wildman–Crippen MR) is 70.4 cm³/mol. The maximum absolute atomic E-state index is 11.6. The van der Waals surface area contributed by atoms with Crippen LogP contribution in [0.15, 0.2) is 0 Å². The molecule has 1 amide bonds. The summed E-state index contributed by atoms with van der Waals surface area (Å²) in [6.45, 7) is 6.11. The maximum atomic E-state index is 11.6. The van der Waals surface area contributed by atoms with Crippen LogP contribution in [0.25, 0.3) is 0 Å². The van der Waals surface area contributed by atoms with Gasteiger partial charge in [-0.15, -0.1) is 0 Å². The average Bonchev–Trinajstić information content (AvgIpc) is 2.29. The van der Waals surface area contributed by atoms with Crippen LogP contribution >= 0.6 is 0 Å². The zero-order valence-corrected chi connectivity index (χ0v) is 11.4. The second-order valence-corrected chi connectivity index (χ2v) is 5.12. The molecule has 5 nitrogen and oxygen atoms in total. The van der Waals surface area contributed by atoms with E-state index >= 15 is 0 Å². The second-order valence-electron chi connectivity index (χ2n) is 5.12. The number of hydrogen-bond donors (Lipinski definition) is 3. The maximum Gasteiger partial charge on any atom is 0.222 e. The Hall–Kier alpha value is -0.650. The van der Waals surface area contributed by atoms with Gasteiger partial charge in [-0.1, -0.05) is 0 Å². The van der Waals surface area contributed by atoms with Crippen LogP contribution in [0.2, 0.25) is 0 Å². The van der Waals surface area contributed by atoms with E-state index < -0.39 is 0 Å². The minimum absolute atomic E-state index is 0.00270. The number of aliphatic hydroxyl groups excluding tert-OH is 1. The molecule has 1 fully saturated rings. The molecule has 0 spiro atoms. The molecule has 0 aromatic carbocycles. The average molecular weight is 258 g/mol. The van der Waals surface area contributed by atoms with Crippen molar-refractivity contribution in [1.29, 1.82) is 0 Å². The zero-order chi connectivity index (χ0) is 13.4. The molecule has 18 heavy (non-hydrogen) atoms. The Morgan fingerprint density at radius 2 is 2.11 bits per heavy atom. The third kappa shape index (κ3) is 6.93. The van der Waals surface area contributed by atoms with E-state index in [4.69, 9.17) is 4.74 Å². The van der Waals surface area contributed by atoms with Crippen molar-refractivity contribution in [3.8, 4) is 0 Å². The van der Waals surface area contributed by atoms with E-state index in [9.17, 15) is 9.90 Å². The molecule has 0 aromatic rings. The normalized spacial score (nSPS) is 20.4. The van der Waals surface area contributed by atoms with E-state index in [0.29, 0.717) is 25.6 Å². The van der Waals surface area contributed by atoms with Gasteiger partial charge in [-0.3, -0.25) is 4.79 Å². The van der Waals surface area contributed by atoms with Crippen molar-refractivity contribution in [3.05, 3.63) is 0 Å². The van der Waals surface area contributed by atoms with Crippen LogP contribution in [0.4, 0.5) is 0 Å². The topological polar surface area (TPSA) is 70.6 Å². The molecule has 3 N–H and O–H groups in total. The summed E-state index contributed by atoms with van der Waals surface area (Å²) in [5.41, 5.74) is 0. The molecule has 0 aliphatic carbocycles. The van der Waals surface area contributed by atoms with Crippen LogP contribution < -0.4 is 10.6 Å². The molecule has 5 heteroatoms. The third-order valence-corrected chi connectivity index (χ3v) is 3.07. The highest BCUT2D eigenvalue weighted by atomic mass is 16.5. The number of carbonyl (C=O) groups excluding carboxylic acids is 1. The first-order chi connectivity index (χ1) is 8.58. The van der Waals surface area contributed by atoms with Crippen molar-refractivity contribution in [2.45, 2.75) is 57.8 Å². The largest absolute Gasteiger partial charge is 0.393 e. The molecule has 1 rings (SSSR count). The molecule has 0 radical (unpaired) electrons. The Morgan fingerprint density at radius 1 is 1.44 bits per heavy atom. The standard InChI is InChI=1S/C13H26N2O3/c1-10(9-11(2)16)15-13(17)5-8-18-12-3-6-14-7-4-12/h10-12,14,16H,3-9H2,1-2H3,(H,15,17). The predicted octanol–water partition coefficient (Wildman–Crippen LogP) is 0.421. The van der Waals surface area contributed by atoms with Crippen LogP contribution in [0.1, 0.15) is 39.5 Å². The van der Waals surface area contributed by atoms with Crippen molar-refractivity contribution >= 4 is 5.91 Å². The summed E-state index contributed by atoms with van der Waals surface area (Å²) in [6.07, 6.45) is 2.95. The Morgan fingerprint density at radius 3 is 2.72 bits per heavy atom. The number of nitrogens with one attached hydrogen (secondary N) is 2. The number of piperidine rings is 1. The van der Waals surface area contributed by atoms with Gasteiger partial charge in [-0.2, -0.15) is 0 Å². The number of carbonyl (C=O) groups is 1. The van der Waals surface area contributed by atoms with Gasteiger partial charge in [0.05, 0.1) is 18.8 Å². The fourth-order valence-electron chi connectivity index (χ4n) is 2.20. The van der Waals surface area contributed by atoms with Crippen molar-refractivity contribution in [2.75, 3.05) is 19.7 Å². The number of hydrogen-bond acceptors (Lipinski definition) is 4. The molecular formula is C13H26N2O3. The van der Waals surface area contributed by atoms with Crippen LogP contribution in [0, 0.1) is 0 Å². The van der Waals surface area contributed by atoms with Crippen molar-refractivity contribution in [1.82, 2.24) is 10.6 Å². The van der Waals surface area contributed by atoms with Crippen LogP contribution in [-0.2, 0) is 9.53 Å². The summed E-state index contributed by atoms with van der Waals surface area (Å²) in [5.74, 6) is -0.00270. The first-order valence-corrected chi connectivity index (χ1v) is 6.87. The number of amides is 1. The lowest BCUT2D eigenvalue weighted by Crippen LogP contribution is -2.36. The first kappa shape index (κ1) is 15.4. The highest BCUT2D eigenvalue weighted by molar-refractivity contribution is 5.76. The first-order valence-electron chi connectivity index (χ1n) is 6.87. The second kappa shape index (κ2) is 8.45. The van der Waals surface area contributed by atoms with E-state index in [1.807, 2.05) is 6.92 Å². The molecule has 1 saturated heterocycles. The van der Waals surface area contributed by atoms with E-state index in [0.717, 1.165) is 25.9 Å². The fraction of sp³-hybridized carbons (Fsp3) is 0.923. The van der Waals surface area contributed by atoms with Gasteiger partial charge in [-0.05, 0) is 46.2 Å². The smallest absolute Gasteiger partial charge is 0.222 e. The van der Waals surface area contributed by atoms with Crippen molar-refractivity contribution in [2.24, 2.45) is 0 Å². The summed E-state index contributed by atoms with van der Waals surface area (Å²) in [4.78, 5) is 11.6. The van der Waals surface area contributed by atoms with Gasteiger partial charge in [0.2, 0.25) is 5.91 Å². The summed E-state index contributed by atoms with van der Waals surface area (Å²) >= 11 is 0. The van der Waals surface area contributed by atoms with Crippen molar-refractivity contribution in [3.63, 3.8) is 0 Å². The minimum Gasteiger partial charge on any atom is -0.393 e. The highest BCUT2D eigenvalue weighted by Crippen LogP contribution is 2.07. The summed E-state index contributed by atoms with van der Waals surface area (Å²) < 4.78 is 5.67. The number of aliphatic hydroxyl groups is 1. The third-order valence-electron chi connectivity index (χ3n) is 3.07. The van der Waals surface area contributed by atoms with Gasteiger partial charge in [0.1, 0.15) is 0 Å². The van der Waals surface area contributed by atoms with Gasteiger partial charge in [0, 0.05) is 12.5 Å². The molecule has 0 aromatic heterocycles. The molecule has 2 atom stereocenters. The molecule has 1 aliphatic rings. The quantitative estimate of drug-likeness (QED) is 0.619. The summed E-state index contributed by atoms with van der Waals surface area (Å²) in [7, 11) is 0. The summed E-state index contributed by atoms with van der Waals surface area (Å²) in [6, 6.07) is 0.0105. The molecule has 1 heterocycles. The van der Waals surface area contributed by atoms with Gasteiger partial charge >= 0.3 is 0 Å². The monoisotopic (exact) mass is 258 g/mol. The molecule has 0 saturated carbocycles. The Kier molecular flexibility index (Phi) is 7.23. The Balaban J connectivity index is 2.05. The van der Waals surface area contributed by atoms with E-state index in [2.05, 4.69) is 10.6 Å². The minimum atomic E-state index is -0.383. The lowest BCUT2D eigenvalue weighted by molar-refractivity contribution is -0.123. The zero-order valence-electron chi connectivity index (χ0n) is 11.4. The number of ether oxygens (including phenoxy) is 1. The molecular weight excluding hydrogens is 232 g/mol. The van der Waals surface area contributed by atoms with Crippen molar-refractivity contribution < 1.29 is 14.6 Å². The Bertz CT molecular complexity index is 240. The van der Waals surface area contributed by atoms with Gasteiger partial charge in [0.25, 0.3) is 0 Å². The summed E-state index contributed by atoms with van der Waals surface area (Å²) in [5, 5.41) is 15.3. The lowest BCUT2D eigenvalue weighted by Gasteiger charge is -2.23. The van der Waals surface area contributed by atoms with Crippen LogP contribution in [0.3, 0.4) is 0 Å². The van der Waals surface area contributed by atoms with Gasteiger partial charge in [-0.25, -0.2) is 0 Å². The number of rotatable bonds is 7. The van der Waals surface area contributed by atoms with E-state index in [1.54, 1.807) is 6.92 Å². The van der Waals surface area contributed by atoms with E-state index in [1.165, 1.54) is 0 Å². The van der Waals surface area contributed by atoms with E-state index in [-0.39, 0.29) is 18.1 Å². The van der Waals surface area contributed by atoms with Gasteiger partial charge < -0.3 is 20.5 Å². The lowest BCUT2D eigenvalue weighted by atomic mass is 10.1. The molecule has 0 bridgehead atoms. The van der Waals surface area contributed by atoms with Gasteiger partial charge in [0.15, 0.2) is 0 Å². The Labute approximate surface area is 109 Å².